The van der Waals surface area contributed by atoms with E-state index in [9.17, 15) is 13.2 Å². The summed E-state index contributed by atoms with van der Waals surface area (Å²) in [5, 5.41) is 17.3. The molecule has 0 aliphatic heterocycles. The molecule has 1 aromatic carbocycles. The summed E-state index contributed by atoms with van der Waals surface area (Å²) in [7, 11) is 0. The van der Waals surface area contributed by atoms with Crippen molar-refractivity contribution in [1.82, 2.24) is 19.6 Å². The summed E-state index contributed by atoms with van der Waals surface area (Å²) in [4.78, 5) is 4.21. The molecule has 0 radical (unpaired) electrons. The van der Waals surface area contributed by atoms with Gasteiger partial charge in [-0.2, -0.15) is 13.2 Å². The molecule has 6 nitrogen and oxygen atoms in total. The van der Waals surface area contributed by atoms with Crippen LogP contribution in [0, 0.1) is 0 Å². The molecule has 27 heavy (non-hydrogen) atoms. The van der Waals surface area contributed by atoms with Crippen molar-refractivity contribution in [3.8, 4) is 5.75 Å². The molecule has 0 amide bonds. The van der Waals surface area contributed by atoms with Crippen molar-refractivity contribution >= 4 is 16.4 Å². The highest BCUT2D eigenvalue weighted by atomic mass is 19.4. The molecule has 138 valence electrons. The molecule has 9 heteroatoms. The maximum Gasteiger partial charge on any atom is 0.452 e. The Balaban J connectivity index is 1.80. The first kappa shape index (κ1) is 17.2. The number of aliphatic hydroxyl groups is 1. The van der Waals surface area contributed by atoms with Crippen LogP contribution in [0.2, 0.25) is 0 Å². The maximum absolute atomic E-state index is 13.2. The van der Waals surface area contributed by atoms with E-state index in [1.54, 1.807) is 42.5 Å². The number of ether oxygens (including phenoxy) is 1. The summed E-state index contributed by atoms with van der Waals surface area (Å²) >= 11 is 0. The van der Waals surface area contributed by atoms with Crippen molar-refractivity contribution in [1.29, 1.82) is 0 Å². The number of halogens is 3. The number of alkyl halides is 3. The van der Waals surface area contributed by atoms with E-state index in [2.05, 4.69) is 15.2 Å². The number of fused-ring (bicyclic) bond motifs is 3. The molecule has 0 spiro atoms. The van der Waals surface area contributed by atoms with Crippen LogP contribution in [0.25, 0.3) is 16.4 Å². The number of benzene rings is 1. The molecule has 0 saturated carbocycles. The van der Waals surface area contributed by atoms with Crippen molar-refractivity contribution in [3.63, 3.8) is 0 Å². The Kier molecular flexibility index (Phi) is 4.15. The van der Waals surface area contributed by atoms with Gasteiger partial charge in [0.2, 0.25) is 5.82 Å². The van der Waals surface area contributed by atoms with Crippen LogP contribution in [-0.2, 0) is 19.4 Å². The molecule has 0 fully saturated rings. The molecule has 0 aliphatic carbocycles. The van der Waals surface area contributed by atoms with Crippen LogP contribution in [0.5, 0.6) is 5.75 Å². The van der Waals surface area contributed by atoms with Gasteiger partial charge in [-0.25, -0.2) is 0 Å². The Morgan fingerprint density at radius 2 is 1.70 bits per heavy atom. The fourth-order valence-electron chi connectivity index (χ4n) is 2.83. The lowest BCUT2D eigenvalue weighted by molar-refractivity contribution is -0.145. The quantitative estimate of drug-likeness (QED) is 0.593. The molecule has 0 saturated heterocycles. The van der Waals surface area contributed by atoms with Crippen molar-refractivity contribution in [2.75, 3.05) is 0 Å². The Labute approximate surface area is 150 Å². The smallest absolute Gasteiger partial charge is 0.452 e. The molecular formula is C18H13F3N4O2. The molecule has 0 unspecified atom stereocenters. The topological polar surface area (TPSA) is 72.5 Å². The van der Waals surface area contributed by atoms with E-state index in [0.29, 0.717) is 22.2 Å². The zero-order valence-corrected chi connectivity index (χ0v) is 13.8. The molecule has 3 aromatic heterocycles. The molecule has 0 bridgehead atoms. The number of pyridine rings is 2. The second-order valence-corrected chi connectivity index (χ2v) is 5.82. The zero-order valence-electron chi connectivity index (χ0n) is 13.8. The van der Waals surface area contributed by atoms with Crippen LogP contribution >= 0.6 is 0 Å². The second kappa shape index (κ2) is 6.51. The van der Waals surface area contributed by atoms with Crippen molar-refractivity contribution in [2.24, 2.45) is 0 Å². The van der Waals surface area contributed by atoms with Crippen molar-refractivity contribution in [3.05, 3.63) is 65.9 Å². The van der Waals surface area contributed by atoms with E-state index in [1.165, 1.54) is 6.20 Å². The summed E-state index contributed by atoms with van der Waals surface area (Å²) in [6.07, 6.45) is -3.41. The molecule has 3 heterocycles. The van der Waals surface area contributed by atoms with Gasteiger partial charge in [-0.3, -0.25) is 9.38 Å². The molecular weight excluding hydrogens is 361 g/mol. The Morgan fingerprint density at radius 1 is 0.963 bits per heavy atom. The lowest BCUT2D eigenvalue weighted by atomic mass is 10.1. The van der Waals surface area contributed by atoms with Crippen molar-refractivity contribution in [2.45, 2.75) is 19.4 Å². The molecule has 4 rings (SSSR count). The SMILES string of the molecule is OCc1cccc(COc2cn3c(C(F)(F)F)nnc3c3ccccc23)n1. The molecule has 1 N–H and O–H groups in total. The highest BCUT2D eigenvalue weighted by Gasteiger charge is 2.37. The summed E-state index contributed by atoms with van der Waals surface area (Å²) < 4.78 is 46.3. The van der Waals surface area contributed by atoms with Crippen LogP contribution in [0.1, 0.15) is 17.2 Å². The minimum absolute atomic E-state index is 0.0345. The Hall–Kier alpha value is -3.20. The Bertz CT molecular complexity index is 1120. The number of aliphatic hydroxyl groups excluding tert-OH is 1. The summed E-state index contributed by atoms with van der Waals surface area (Å²) in [6.45, 7) is -0.175. The van der Waals surface area contributed by atoms with Gasteiger partial charge in [-0.1, -0.05) is 30.3 Å². The van der Waals surface area contributed by atoms with Gasteiger partial charge in [-0.15, -0.1) is 10.2 Å². The zero-order chi connectivity index (χ0) is 19.0. The number of rotatable bonds is 4. The van der Waals surface area contributed by atoms with Gasteiger partial charge in [0.05, 0.1) is 24.2 Å². The summed E-state index contributed by atoms with van der Waals surface area (Å²) in [6, 6.07) is 12.0. The monoisotopic (exact) mass is 374 g/mol. The van der Waals surface area contributed by atoms with E-state index in [0.717, 1.165) is 4.40 Å². The van der Waals surface area contributed by atoms with E-state index >= 15 is 0 Å². The van der Waals surface area contributed by atoms with Gasteiger partial charge in [0.1, 0.15) is 12.4 Å². The average molecular weight is 374 g/mol. The first-order chi connectivity index (χ1) is 13.0. The molecule has 0 aliphatic rings. The molecule has 4 aromatic rings. The number of aromatic nitrogens is 4. The van der Waals surface area contributed by atoms with E-state index in [1.807, 2.05) is 0 Å². The number of hydrogen-bond donors (Lipinski definition) is 1. The standard InChI is InChI=1S/C18H13F3N4O2/c19-18(20,21)17-24-23-16-14-7-2-1-6-13(14)15(8-25(16)17)27-10-12-5-3-4-11(9-26)22-12/h1-8,26H,9-10H2. The van der Waals surface area contributed by atoms with E-state index < -0.39 is 12.0 Å². The van der Waals surface area contributed by atoms with Crippen LogP contribution < -0.4 is 4.74 Å². The fraction of sp³-hybridized carbons (Fsp3) is 0.167. The van der Waals surface area contributed by atoms with Crippen LogP contribution in [0.3, 0.4) is 0 Å². The maximum atomic E-state index is 13.2. The lowest BCUT2D eigenvalue weighted by Gasteiger charge is -2.12. The Morgan fingerprint density at radius 3 is 2.44 bits per heavy atom. The highest BCUT2D eigenvalue weighted by Crippen LogP contribution is 2.33. The number of hydrogen-bond acceptors (Lipinski definition) is 5. The minimum atomic E-state index is -4.64. The predicted molar refractivity (Wildman–Crippen MR) is 90.0 cm³/mol. The highest BCUT2D eigenvalue weighted by molar-refractivity contribution is 5.97. The van der Waals surface area contributed by atoms with Gasteiger partial charge >= 0.3 is 6.18 Å². The third-order valence-electron chi connectivity index (χ3n) is 4.03. The predicted octanol–water partition coefficient (Wildman–Crippen LogP) is 3.37. The summed E-state index contributed by atoms with van der Waals surface area (Å²) in [5.74, 6) is -0.867. The lowest BCUT2D eigenvalue weighted by Crippen LogP contribution is -2.11. The average Bonchev–Trinajstić information content (AvgIpc) is 3.11. The van der Waals surface area contributed by atoms with Crippen LogP contribution in [0.15, 0.2) is 48.7 Å². The van der Waals surface area contributed by atoms with Crippen molar-refractivity contribution < 1.29 is 23.0 Å². The number of nitrogens with zero attached hydrogens (tertiary/aromatic N) is 4. The first-order valence-corrected chi connectivity index (χ1v) is 7.99. The van der Waals surface area contributed by atoms with Crippen LogP contribution in [0.4, 0.5) is 13.2 Å². The normalized spacial score (nSPS) is 12.0. The minimum Gasteiger partial charge on any atom is -0.485 e. The van der Waals surface area contributed by atoms with Gasteiger partial charge < -0.3 is 9.84 Å². The van der Waals surface area contributed by atoms with Gasteiger partial charge in [0, 0.05) is 10.8 Å². The van der Waals surface area contributed by atoms with Crippen LogP contribution in [-0.4, -0.2) is 24.7 Å². The fourth-order valence-corrected chi connectivity index (χ4v) is 2.83. The third kappa shape index (κ3) is 3.17. The molecule has 0 atom stereocenters. The second-order valence-electron chi connectivity index (χ2n) is 5.82. The van der Waals surface area contributed by atoms with E-state index in [4.69, 9.17) is 9.84 Å². The first-order valence-electron chi connectivity index (χ1n) is 7.99. The van der Waals surface area contributed by atoms with Gasteiger partial charge in [0.25, 0.3) is 0 Å². The third-order valence-corrected chi connectivity index (χ3v) is 4.03. The van der Waals surface area contributed by atoms with E-state index in [-0.39, 0.29) is 24.6 Å². The largest absolute Gasteiger partial charge is 0.485 e. The summed E-state index contributed by atoms with van der Waals surface area (Å²) in [5.41, 5.74) is 1.13. The van der Waals surface area contributed by atoms with Gasteiger partial charge in [0.15, 0.2) is 5.65 Å². The van der Waals surface area contributed by atoms with Gasteiger partial charge in [-0.05, 0) is 12.1 Å².